The summed E-state index contributed by atoms with van der Waals surface area (Å²) >= 11 is 0. The van der Waals surface area contributed by atoms with E-state index in [-0.39, 0.29) is 32.3 Å². The Morgan fingerprint density at radius 1 is 1.10 bits per heavy atom. The lowest BCUT2D eigenvalue weighted by Gasteiger charge is -2.24. The number of rotatable bonds is 12. The largest absolute Gasteiger partial charge is 0.480 e. The van der Waals surface area contributed by atoms with E-state index < -0.39 is 41.4 Å². The molecule has 4 N–H and O–H groups in total. The van der Waals surface area contributed by atoms with Crippen molar-refractivity contribution in [2.45, 2.75) is 52.0 Å². The molecule has 3 amide bonds. The molecule has 216 valence electrons. The molecule has 1 fully saturated rings. The molecule has 0 radical (unpaired) electrons. The topological polar surface area (TPSA) is 159 Å². The van der Waals surface area contributed by atoms with E-state index in [1.807, 2.05) is 42.5 Å². The van der Waals surface area contributed by atoms with E-state index in [1.54, 1.807) is 37.9 Å². The Hall–Kier alpha value is -4.19. The molecule has 40 heavy (non-hydrogen) atoms. The van der Waals surface area contributed by atoms with Crippen molar-refractivity contribution in [3.05, 3.63) is 60.3 Å². The number of ether oxygens (including phenoxy) is 2. The van der Waals surface area contributed by atoms with Gasteiger partial charge in [0.25, 0.3) is 0 Å². The predicted molar refractivity (Wildman–Crippen MR) is 146 cm³/mol. The van der Waals surface area contributed by atoms with Crippen LogP contribution in [0.4, 0.5) is 10.6 Å². The lowest BCUT2D eigenvalue weighted by atomic mass is 9.95. The molecule has 0 bridgehead atoms. The molecule has 12 nitrogen and oxygen atoms in total. The summed E-state index contributed by atoms with van der Waals surface area (Å²) in [4.78, 5) is 54.9. The zero-order valence-corrected chi connectivity index (χ0v) is 23.0. The summed E-state index contributed by atoms with van der Waals surface area (Å²) < 4.78 is 11.3. The molecule has 0 spiro atoms. The molecule has 0 saturated carbocycles. The van der Waals surface area contributed by atoms with Crippen molar-refractivity contribution >= 4 is 29.7 Å². The summed E-state index contributed by atoms with van der Waals surface area (Å²) in [6.45, 7) is 5.10. The van der Waals surface area contributed by atoms with Gasteiger partial charge in [-0.2, -0.15) is 0 Å². The molecule has 3 unspecified atom stereocenters. The van der Waals surface area contributed by atoms with Crippen LogP contribution < -0.4 is 16.0 Å². The third kappa shape index (κ3) is 9.53. The van der Waals surface area contributed by atoms with E-state index in [2.05, 4.69) is 20.9 Å². The third-order valence-electron chi connectivity index (χ3n) is 6.24. The predicted octanol–water partition coefficient (Wildman–Crippen LogP) is 2.02. The maximum absolute atomic E-state index is 13.0. The number of carboxylic acid groups (broad SMARTS) is 1. The van der Waals surface area contributed by atoms with Gasteiger partial charge in [0.1, 0.15) is 25.1 Å². The Balaban J connectivity index is 1.53. The van der Waals surface area contributed by atoms with Crippen LogP contribution in [0.25, 0.3) is 0 Å². The highest BCUT2D eigenvalue weighted by Crippen LogP contribution is 2.22. The van der Waals surface area contributed by atoms with E-state index in [0.717, 1.165) is 5.56 Å². The van der Waals surface area contributed by atoms with Gasteiger partial charge < -0.3 is 35.4 Å². The Morgan fingerprint density at radius 2 is 1.82 bits per heavy atom. The van der Waals surface area contributed by atoms with Crippen molar-refractivity contribution in [1.29, 1.82) is 0 Å². The number of hydrogen-bond donors (Lipinski definition) is 4. The number of carboxylic acids is 1. The number of hydrogen-bond acceptors (Lipinski definition) is 8. The van der Waals surface area contributed by atoms with Gasteiger partial charge in [-0.15, -0.1) is 0 Å². The van der Waals surface area contributed by atoms with Crippen molar-refractivity contribution in [2.24, 2.45) is 5.41 Å². The first-order valence-corrected chi connectivity index (χ1v) is 13.1. The van der Waals surface area contributed by atoms with E-state index in [9.17, 15) is 24.3 Å². The summed E-state index contributed by atoms with van der Waals surface area (Å²) in [7, 11) is 0. The SMILES string of the molecule is CC(C)(C)C(=O)NC(CNC(=O)COC1CC(CNc2ccccn2)N(C(=O)OCc2ccccc2)C1)C(=O)O. The van der Waals surface area contributed by atoms with Crippen molar-refractivity contribution in [1.82, 2.24) is 20.5 Å². The lowest BCUT2D eigenvalue weighted by Crippen LogP contribution is -2.51. The van der Waals surface area contributed by atoms with Crippen molar-refractivity contribution in [3.8, 4) is 0 Å². The van der Waals surface area contributed by atoms with Crippen LogP contribution >= 0.6 is 0 Å². The van der Waals surface area contributed by atoms with Gasteiger partial charge in [0.15, 0.2) is 0 Å². The summed E-state index contributed by atoms with van der Waals surface area (Å²) in [5, 5.41) is 17.5. The highest BCUT2D eigenvalue weighted by Gasteiger charge is 2.37. The second-order valence-electron chi connectivity index (χ2n) is 10.5. The number of nitrogens with one attached hydrogen (secondary N) is 3. The number of anilines is 1. The molecule has 3 rings (SSSR count). The molecule has 2 heterocycles. The van der Waals surface area contributed by atoms with Crippen molar-refractivity contribution in [2.75, 3.05) is 31.6 Å². The number of benzene rings is 1. The van der Waals surface area contributed by atoms with Crippen LogP contribution in [0.5, 0.6) is 0 Å². The van der Waals surface area contributed by atoms with Crippen molar-refractivity contribution < 1.29 is 33.8 Å². The van der Waals surface area contributed by atoms with Gasteiger partial charge in [0.05, 0.1) is 18.7 Å². The van der Waals surface area contributed by atoms with Crippen LogP contribution in [0, 0.1) is 5.41 Å². The van der Waals surface area contributed by atoms with Crippen LogP contribution in [0.15, 0.2) is 54.7 Å². The average Bonchev–Trinajstić information content (AvgIpc) is 3.35. The second kappa shape index (κ2) is 14.3. The van der Waals surface area contributed by atoms with E-state index in [4.69, 9.17) is 9.47 Å². The molecular weight excluding hydrogens is 518 g/mol. The fourth-order valence-electron chi connectivity index (χ4n) is 3.94. The maximum Gasteiger partial charge on any atom is 0.410 e. The minimum atomic E-state index is -1.28. The number of nitrogens with zero attached hydrogens (tertiary/aromatic N) is 2. The molecule has 0 aliphatic carbocycles. The zero-order chi connectivity index (χ0) is 29.1. The molecule has 12 heteroatoms. The van der Waals surface area contributed by atoms with Crippen LogP contribution in [0.1, 0.15) is 32.8 Å². The molecule has 3 atom stereocenters. The quantitative estimate of drug-likeness (QED) is 0.307. The van der Waals surface area contributed by atoms with Gasteiger partial charge >= 0.3 is 12.1 Å². The van der Waals surface area contributed by atoms with E-state index in [1.165, 1.54) is 0 Å². The Morgan fingerprint density at radius 3 is 2.48 bits per heavy atom. The standard InChI is InChI=1S/C28H37N5O7/c1-28(2,3)26(37)32-22(25(35)36)15-31-24(34)18-39-21-13-20(14-30-23-11-7-8-12-29-23)33(16-21)27(38)40-17-19-9-5-4-6-10-19/h4-12,20-22H,13-18H2,1-3H3,(H,29,30)(H,31,34)(H,32,37)(H,35,36). The average molecular weight is 556 g/mol. The minimum Gasteiger partial charge on any atom is -0.480 e. The molecule has 1 saturated heterocycles. The maximum atomic E-state index is 13.0. The number of likely N-dealkylation sites (tertiary alicyclic amines) is 1. The monoisotopic (exact) mass is 555 g/mol. The van der Waals surface area contributed by atoms with Gasteiger partial charge in [-0.1, -0.05) is 57.2 Å². The highest BCUT2D eigenvalue weighted by molar-refractivity contribution is 5.87. The Labute approximate surface area is 233 Å². The molecule has 1 aliphatic heterocycles. The van der Waals surface area contributed by atoms with Gasteiger partial charge in [0, 0.05) is 24.7 Å². The Bertz CT molecular complexity index is 1140. The molecule has 1 aliphatic rings. The highest BCUT2D eigenvalue weighted by atomic mass is 16.6. The number of pyridine rings is 1. The summed E-state index contributed by atoms with van der Waals surface area (Å²) in [6, 6.07) is 13.3. The molecule has 2 aromatic rings. The molecule has 1 aromatic heterocycles. The van der Waals surface area contributed by atoms with Crippen molar-refractivity contribution in [3.63, 3.8) is 0 Å². The van der Waals surface area contributed by atoms with E-state index in [0.29, 0.717) is 18.8 Å². The number of amides is 3. The lowest BCUT2D eigenvalue weighted by molar-refractivity contribution is -0.143. The smallest absolute Gasteiger partial charge is 0.410 e. The summed E-state index contributed by atoms with van der Waals surface area (Å²) in [6.07, 6.45) is 1.18. The van der Waals surface area contributed by atoms with Gasteiger partial charge in [-0.25, -0.2) is 14.6 Å². The third-order valence-corrected chi connectivity index (χ3v) is 6.24. The van der Waals surface area contributed by atoms with Crippen LogP contribution in [0.3, 0.4) is 0 Å². The summed E-state index contributed by atoms with van der Waals surface area (Å²) in [5.74, 6) is -1.58. The first kappa shape index (κ1) is 30.4. The fraction of sp³-hybridized carbons (Fsp3) is 0.464. The Kier molecular flexibility index (Phi) is 10.8. The minimum absolute atomic E-state index is 0.126. The normalized spacial score (nSPS) is 17.5. The number of carbonyl (C=O) groups excluding carboxylic acids is 3. The molecule has 1 aromatic carbocycles. The van der Waals surface area contributed by atoms with Crippen LogP contribution in [-0.4, -0.2) is 83.3 Å². The summed E-state index contributed by atoms with van der Waals surface area (Å²) in [5.41, 5.74) is 0.0837. The first-order chi connectivity index (χ1) is 19.0. The van der Waals surface area contributed by atoms with Gasteiger partial charge in [0.2, 0.25) is 11.8 Å². The first-order valence-electron chi connectivity index (χ1n) is 13.1. The van der Waals surface area contributed by atoms with E-state index >= 15 is 0 Å². The van der Waals surface area contributed by atoms with Crippen LogP contribution in [0.2, 0.25) is 0 Å². The number of carbonyl (C=O) groups is 4. The van der Waals surface area contributed by atoms with Gasteiger partial charge in [-0.05, 0) is 24.1 Å². The number of aromatic nitrogens is 1. The van der Waals surface area contributed by atoms with Crippen LogP contribution in [-0.2, 0) is 30.5 Å². The fourth-order valence-corrected chi connectivity index (χ4v) is 3.94. The van der Waals surface area contributed by atoms with Gasteiger partial charge in [-0.3, -0.25) is 9.59 Å². The second-order valence-corrected chi connectivity index (χ2v) is 10.5. The molecular formula is C28H37N5O7. The zero-order valence-electron chi connectivity index (χ0n) is 23.0. The number of aliphatic carboxylic acids is 1.